The number of hydrogen-bond donors (Lipinski definition) is 1. The number of carbonyl (C=O) groups excluding carboxylic acids is 1. The van der Waals surface area contributed by atoms with Gasteiger partial charge < -0.3 is 5.32 Å². The van der Waals surface area contributed by atoms with Crippen molar-refractivity contribution in [3.8, 4) is 11.3 Å². The Morgan fingerprint density at radius 2 is 1.85 bits per heavy atom. The van der Waals surface area contributed by atoms with Crippen LogP contribution in [0.4, 0.5) is 5.69 Å². The molecule has 1 aromatic carbocycles. The van der Waals surface area contributed by atoms with E-state index in [0.717, 1.165) is 27.6 Å². The predicted molar refractivity (Wildman–Crippen MR) is 112 cm³/mol. The smallest absolute Gasteiger partial charge is 0.276 e. The normalized spacial score (nSPS) is 11.8. The van der Waals surface area contributed by atoms with Gasteiger partial charge in [0.05, 0.1) is 16.2 Å². The Labute approximate surface area is 164 Å². The maximum absolute atomic E-state index is 12.7. The number of nitrogens with zero attached hydrogens (tertiary/aromatic N) is 3. The van der Waals surface area contributed by atoms with Crippen LogP contribution < -0.4 is 5.32 Å². The first-order valence-electron chi connectivity index (χ1n) is 9.09. The van der Waals surface area contributed by atoms with Crippen molar-refractivity contribution in [2.45, 2.75) is 53.0 Å². The van der Waals surface area contributed by atoms with Crippen molar-refractivity contribution < 1.29 is 4.79 Å². The van der Waals surface area contributed by atoms with Gasteiger partial charge in [-0.25, -0.2) is 4.98 Å². The predicted octanol–water partition coefficient (Wildman–Crippen LogP) is 5.45. The highest BCUT2D eigenvalue weighted by Gasteiger charge is 2.23. The molecule has 0 radical (unpaired) electrons. The molecule has 142 valence electrons. The molecular formula is C21H26N4OS. The number of benzene rings is 1. The molecule has 1 N–H and O–H groups in total. The second kappa shape index (κ2) is 7.27. The molecule has 0 saturated heterocycles. The fourth-order valence-corrected chi connectivity index (χ4v) is 3.49. The summed E-state index contributed by atoms with van der Waals surface area (Å²) in [5, 5.41) is 10.6. The average molecular weight is 383 g/mol. The Morgan fingerprint density at radius 3 is 2.33 bits per heavy atom. The Hall–Kier alpha value is -2.47. The molecular weight excluding hydrogens is 356 g/mol. The van der Waals surface area contributed by atoms with E-state index >= 15 is 0 Å². The molecule has 6 heteroatoms. The third-order valence-electron chi connectivity index (χ3n) is 4.25. The van der Waals surface area contributed by atoms with Crippen molar-refractivity contribution in [3.05, 3.63) is 52.1 Å². The van der Waals surface area contributed by atoms with E-state index in [0.29, 0.717) is 11.6 Å². The molecule has 0 saturated carbocycles. The first-order valence-corrected chi connectivity index (χ1v) is 9.97. The fraction of sp³-hybridized carbons (Fsp3) is 0.381. The summed E-state index contributed by atoms with van der Waals surface area (Å²) in [7, 11) is 0. The third kappa shape index (κ3) is 4.27. The summed E-state index contributed by atoms with van der Waals surface area (Å²) in [6, 6.07) is 9.62. The number of aryl methyl sites for hydroxylation is 1. The lowest BCUT2D eigenvalue weighted by Crippen LogP contribution is -2.26. The summed E-state index contributed by atoms with van der Waals surface area (Å²) in [6.45, 7) is 12.5. The van der Waals surface area contributed by atoms with Crippen LogP contribution in [0.1, 0.15) is 61.7 Å². The van der Waals surface area contributed by atoms with Crippen molar-refractivity contribution in [2.24, 2.45) is 0 Å². The second-order valence-electron chi connectivity index (χ2n) is 7.98. The van der Waals surface area contributed by atoms with Crippen molar-refractivity contribution >= 4 is 22.9 Å². The first-order chi connectivity index (χ1) is 12.6. The minimum Gasteiger partial charge on any atom is -0.321 e. The van der Waals surface area contributed by atoms with Crippen molar-refractivity contribution in [1.82, 2.24) is 14.8 Å². The topological polar surface area (TPSA) is 59.8 Å². The van der Waals surface area contributed by atoms with Crippen LogP contribution in [0.5, 0.6) is 0 Å². The number of thiazole rings is 1. The van der Waals surface area contributed by atoms with E-state index in [-0.39, 0.29) is 11.4 Å². The zero-order valence-electron chi connectivity index (χ0n) is 16.7. The van der Waals surface area contributed by atoms with Gasteiger partial charge in [0.25, 0.3) is 5.91 Å². The highest BCUT2D eigenvalue weighted by molar-refractivity contribution is 7.09. The van der Waals surface area contributed by atoms with Gasteiger partial charge in [-0.05, 0) is 51.8 Å². The van der Waals surface area contributed by atoms with Gasteiger partial charge in [-0.2, -0.15) is 5.10 Å². The Bertz CT molecular complexity index is 945. The Balaban J connectivity index is 1.79. The number of aromatic nitrogens is 3. The van der Waals surface area contributed by atoms with Crippen LogP contribution in [0.2, 0.25) is 0 Å². The van der Waals surface area contributed by atoms with Gasteiger partial charge in [0, 0.05) is 22.3 Å². The Kier molecular flexibility index (Phi) is 5.20. The largest absolute Gasteiger partial charge is 0.321 e. The third-order valence-corrected chi connectivity index (χ3v) is 5.03. The molecule has 5 nitrogen and oxygen atoms in total. The lowest BCUT2D eigenvalue weighted by molar-refractivity contribution is 0.102. The van der Waals surface area contributed by atoms with Gasteiger partial charge >= 0.3 is 0 Å². The zero-order valence-corrected chi connectivity index (χ0v) is 17.5. The maximum Gasteiger partial charge on any atom is 0.276 e. The molecule has 0 unspecified atom stereocenters. The number of anilines is 1. The molecule has 27 heavy (non-hydrogen) atoms. The zero-order chi connectivity index (χ0) is 19.8. The van der Waals surface area contributed by atoms with E-state index < -0.39 is 0 Å². The fourth-order valence-electron chi connectivity index (χ4n) is 2.87. The molecule has 3 rings (SSSR count). The van der Waals surface area contributed by atoms with Gasteiger partial charge in [-0.1, -0.05) is 26.0 Å². The van der Waals surface area contributed by atoms with E-state index in [2.05, 4.69) is 50.0 Å². The molecule has 2 heterocycles. The molecule has 1 amide bonds. The van der Waals surface area contributed by atoms with Crippen LogP contribution >= 0.6 is 11.3 Å². The number of hydrogen-bond acceptors (Lipinski definition) is 4. The summed E-state index contributed by atoms with van der Waals surface area (Å²) < 4.78 is 1.94. The van der Waals surface area contributed by atoms with Crippen molar-refractivity contribution in [1.29, 1.82) is 0 Å². The van der Waals surface area contributed by atoms with Gasteiger partial charge in [0.1, 0.15) is 0 Å². The first kappa shape index (κ1) is 19.3. The number of nitrogens with one attached hydrogen (secondary N) is 1. The van der Waals surface area contributed by atoms with Crippen molar-refractivity contribution in [2.75, 3.05) is 5.32 Å². The lowest BCUT2D eigenvalue weighted by Gasteiger charge is -2.23. The number of carbonyl (C=O) groups is 1. The van der Waals surface area contributed by atoms with Gasteiger partial charge in [0.2, 0.25) is 0 Å². The molecule has 3 aromatic rings. The van der Waals surface area contributed by atoms with Gasteiger partial charge in [0.15, 0.2) is 5.69 Å². The van der Waals surface area contributed by atoms with Crippen LogP contribution in [0, 0.1) is 6.92 Å². The molecule has 0 aliphatic heterocycles. The van der Waals surface area contributed by atoms with Crippen LogP contribution in [0.3, 0.4) is 0 Å². The monoisotopic (exact) mass is 382 g/mol. The summed E-state index contributed by atoms with van der Waals surface area (Å²) in [6.07, 6.45) is 0. The van der Waals surface area contributed by atoms with Crippen LogP contribution in [0.15, 0.2) is 35.7 Å². The number of amides is 1. The molecule has 0 bridgehead atoms. The molecule has 0 atom stereocenters. The van der Waals surface area contributed by atoms with Crippen LogP contribution in [0.25, 0.3) is 11.3 Å². The quantitative estimate of drug-likeness (QED) is 0.653. The SMILES string of the molecule is Cc1nc(-c2ccc(NC(=O)c3cc(C(C)C)n(C(C)(C)C)n3)cc2)cs1. The minimum absolute atomic E-state index is 0.175. The van der Waals surface area contributed by atoms with Gasteiger partial charge in [-0.3, -0.25) is 9.48 Å². The minimum atomic E-state index is -0.197. The lowest BCUT2D eigenvalue weighted by atomic mass is 10.1. The maximum atomic E-state index is 12.7. The molecule has 0 aliphatic rings. The van der Waals surface area contributed by atoms with Crippen LogP contribution in [-0.2, 0) is 5.54 Å². The standard InChI is InChI=1S/C21H26N4OS/c1-13(2)19-11-17(24-25(19)21(4,5)6)20(26)23-16-9-7-15(8-10-16)18-12-27-14(3)22-18/h7-13H,1-6H3,(H,23,26). The Morgan fingerprint density at radius 1 is 1.19 bits per heavy atom. The second-order valence-corrected chi connectivity index (χ2v) is 9.04. The number of rotatable bonds is 4. The van der Waals surface area contributed by atoms with E-state index in [1.54, 1.807) is 11.3 Å². The van der Waals surface area contributed by atoms with E-state index in [4.69, 9.17) is 0 Å². The highest BCUT2D eigenvalue weighted by Crippen LogP contribution is 2.25. The summed E-state index contributed by atoms with van der Waals surface area (Å²) in [4.78, 5) is 17.2. The molecule has 2 aromatic heterocycles. The summed E-state index contributed by atoms with van der Waals surface area (Å²) in [5.41, 5.74) is 4.06. The molecule has 0 fully saturated rings. The van der Waals surface area contributed by atoms with Gasteiger partial charge in [-0.15, -0.1) is 11.3 Å². The van der Waals surface area contributed by atoms with Crippen molar-refractivity contribution in [3.63, 3.8) is 0 Å². The van der Waals surface area contributed by atoms with Crippen LogP contribution in [-0.4, -0.2) is 20.7 Å². The summed E-state index contributed by atoms with van der Waals surface area (Å²) in [5.74, 6) is 0.0938. The average Bonchev–Trinajstić information content (AvgIpc) is 3.22. The summed E-state index contributed by atoms with van der Waals surface area (Å²) >= 11 is 1.63. The van der Waals surface area contributed by atoms with E-state index in [9.17, 15) is 4.79 Å². The highest BCUT2D eigenvalue weighted by atomic mass is 32.1. The molecule has 0 spiro atoms. The van der Waals surface area contributed by atoms with E-state index in [1.165, 1.54) is 0 Å². The molecule has 0 aliphatic carbocycles. The van der Waals surface area contributed by atoms with E-state index in [1.807, 2.05) is 47.3 Å².